The van der Waals surface area contributed by atoms with Crippen LogP contribution in [0.25, 0.3) is 0 Å². The predicted molar refractivity (Wildman–Crippen MR) is 22.6 cm³/mol. The lowest BCUT2D eigenvalue weighted by Crippen LogP contribution is -1.95. The molecule has 1 heterocycles. The molecule has 0 aromatic rings. The van der Waals surface area contributed by atoms with E-state index in [9.17, 15) is 0 Å². The van der Waals surface area contributed by atoms with Gasteiger partial charge in [0.25, 0.3) is 0 Å². The topological polar surface area (TPSA) is 12.2 Å². The number of nitrogens with zero attached hydrogens (tertiary/aromatic N) is 1. The molecule has 6 heavy (non-hydrogen) atoms. The third kappa shape index (κ3) is 0.723. The predicted octanol–water partition coefficient (Wildman–Crippen LogP) is 0.725. The third-order valence-electron chi connectivity index (χ3n) is 0.549. The van der Waals surface area contributed by atoms with Crippen LogP contribution in [-0.4, -0.2) is 11.7 Å². The molecule has 0 saturated carbocycles. The lowest BCUT2D eigenvalue weighted by atomic mass is 10.9. The van der Waals surface area contributed by atoms with Crippen LogP contribution in [0, 0.1) is 0 Å². The molecule has 1 aliphatic heterocycles. The number of hydrogen-bond acceptors (Lipinski definition) is 2. The van der Waals surface area contributed by atoms with Gasteiger partial charge in [-0.05, 0) is 6.92 Å². The number of hydrogen-bond donors (Lipinski definition) is 0. The standard InChI is InChI=1S/C4H7NO/c1-2-6-5-3-4-5/h3-4H,2H2,1H3. The molecule has 0 amide bonds. The van der Waals surface area contributed by atoms with E-state index in [1.54, 1.807) is 5.06 Å². The van der Waals surface area contributed by atoms with E-state index in [0.29, 0.717) is 0 Å². The Morgan fingerprint density at radius 2 is 2.33 bits per heavy atom. The van der Waals surface area contributed by atoms with Crippen molar-refractivity contribution in [3.05, 3.63) is 12.4 Å². The van der Waals surface area contributed by atoms with Gasteiger partial charge in [-0.25, -0.2) is 5.06 Å². The number of rotatable bonds is 2. The maximum absolute atomic E-state index is 4.88. The molecule has 0 spiro atoms. The van der Waals surface area contributed by atoms with Crippen molar-refractivity contribution in [3.8, 4) is 0 Å². The summed E-state index contributed by atoms with van der Waals surface area (Å²) in [4.78, 5) is 4.88. The van der Waals surface area contributed by atoms with E-state index in [2.05, 4.69) is 0 Å². The summed E-state index contributed by atoms with van der Waals surface area (Å²) in [5.74, 6) is 0. The molecule has 0 fully saturated rings. The van der Waals surface area contributed by atoms with Crippen LogP contribution in [0.1, 0.15) is 6.92 Å². The molecule has 1 aliphatic rings. The highest BCUT2D eigenvalue weighted by molar-refractivity contribution is 4.94. The zero-order chi connectivity index (χ0) is 4.41. The van der Waals surface area contributed by atoms with Crippen LogP contribution >= 0.6 is 0 Å². The van der Waals surface area contributed by atoms with Gasteiger partial charge < -0.3 is 0 Å². The quantitative estimate of drug-likeness (QED) is 0.490. The van der Waals surface area contributed by atoms with Gasteiger partial charge in [-0.2, -0.15) is 0 Å². The van der Waals surface area contributed by atoms with Gasteiger partial charge in [0, 0.05) is 0 Å². The summed E-state index contributed by atoms with van der Waals surface area (Å²) >= 11 is 0. The minimum atomic E-state index is 0.757. The molecule has 0 unspecified atom stereocenters. The van der Waals surface area contributed by atoms with Gasteiger partial charge >= 0.3 is 0 Å². The van der Waals surface area contributed by atoms with Gasteiger partial charge in [0.15, 0.2) is 0 Å². The van der Waals surface area contributed by atoms with Crippen LogP contribution in [0.5, 0.6) is 0 Å². The zero-order valence-corrected chi connectivity index (χ0v) is 3.72. The zero-order valence-electron chi connectivity index (χ0n) is 3.72. The highest BCUT2D eigenvalue weighted by atomic mass is 16.7. The summed E-state index contributed by atoms with van der Waals surface area (Å²) in [5.41, 5.74) is 0. The maximum atomic E-state index is 4.88. The Balaban J connectivity index is 1.90. The number of hydroxylamine groups is 2. The summed E-state index contributed by atoms with van der Waals surface area (Å²) in [7, 11) is 0. The Labute approximate surface area is 37.0 Å². The van der Waals surface area contributed by atoms with Crippen molar-refractivity contribution >= 4 is 0 Å². The molecule has 1 rings (SSSR count). The van der Waals surface area contributed by atoms with Crippen molar-refractivity contribution in [1.29, 1.82) is 0 Å². The monoisotopic (exact) mass is 85.1 g/mol. The van der Waals surface area contributed by atoms with Crippen LogP contribution in [-0.2, 0) is 4.84 Å². The Morgan fingerprint density at radius 3 is 2.50 bits per heavy atom. The Hall–Kier alpha value is -0.500. The molecule has 0 N–H and O–H groups in total. The Kier molecular flexibility index (Phi) is 0.801. The molecular formula is C4H7NO. The van der Waals surface area contributed by atoms with Crippen molar-refractivity contribution in [2.45, 2.75) is 6.92 Å². The van der Waals surface area contributed by atoms with Crippen LogP contribution in [0.2, 0.25) is 0 Å². The first-order valence-electron chi connectivity index (χ1n) is 2.03. The summed E-state index contributed by atoms with van der Waals surface area (Å²) < 4.78 is 0. The average molecular weight is 85.1 g/mol. The molecule has 34 valence electrons. The molecule has 2 heteroatoms. The Bertz CT molecular complexity index is 63.9. The lowest BCUT2D eigenvalue weighted by molar-refractivity contribution is -0.0400. The van der Waals surface area contributed by atoms with Gasteiger partial charge in [0.05, 0.1) is 19.0 Å². The van der Waals surface area contributed by atoms with Crippen LogP contribution < -0.4 is 0 Å². The summed E-state index contributed by atoms with van der Waals surface area (Å²) in [5, 5.41) is 1.68. The minimum Gasteiger partial charge on any atom is -0.270 e. The van der Waals surface area contributed by atoms with Crippen LogP contribution in [0.4, 0.5) is 0 Å². The maximum Gasteiger partial charge on any atom is 0.0724 e. The van der Waals surface area contributed by atoms with E-state index in [1.807, 2.05) is 19.3 Å². The molecule has 0 aliphatic carbocycles. The fourth-order valence-corrected chi connectivity index (χ4v) is 0.262. The van der Waals surface area contributed by atoms with Crippen molar-refractivity contribution in [2.24, 2.45) is 0 Å². The molecule has 0 atom stereocenters. The molecule has 0 radical (unpaired) electrons. The first kappa shape index (κ1) is 3.68. The second-order valence-electron chi connectivity index (χ2n) is 1.08. The normalized spacial score (nSPS) is 15.8. The second kappa shape index (κ2) is 1.30. The van der Waals surface area contributed by atoms with E-state index < -0.39 is 0 Å². The SMILES string of the molecule is CCON1C=C1. The van der Waals surface area contributed by atoms with E-state index in [0.717, 1.165) is 6.61 Å². The van der Waals surface area contributed by atoms with Gasteiger partial charge in [-0.3, -0.25) is 4.84 Å². The largest absolute Gasteiger partial charge is 0.270 e. The Morgan fingerprint density at radius 1 is 1.67 bits per heavy atom. The fourth-order valence-electron chi connectivity index (χ4n) is 0.262. The highest BCUT2D eigenvalue weighted by Crippen LogP contribution is 2.04. The molecule has 0 aromatic heterocycles. The van der Waals surface area contributed by atoms with E-state index in [-0.39, 0.29) is 0 Å². The van der Waals surface area contributed by atoms with Crippen LogP contribution in [0.3, 0.4) is 0 Å². The summed E-state index contributed by atoms with van der Waals surface area (Å²) in [6, 6.07) is 0. The van der Waals surface area contributed by atoms with Crippen molar-refractivity contribution in [1.82, 2.24) is 5.06 Å². The van der Waals surface area contributed by atoms with Crippen molar-refractivity contribution in [2.75, 3.05) is 6.61 Å². The van der Waals surface area contributed by atoms with E-state index in [1.165, 1.54) is 0 Å². The van der Waals surface area contributed by atoms with Gasteiger partial charge in [0.2, 0.25) is 0 Å². The molecule has 2 nitrogen and oxygen atoms in total. The van der Waals surface area contributed by atoms with Gasteiger partial charge in [0.1, 0.15) is 0 Å². The van der Waals surface area contributed by atoms with Crippen LogP contribution in [0.15, 0.2) is 12.4 Å². The summed E-state index contributed by atoms with van der Waals surface area (Å²) in [6.07, 6.45) is 3.73. The third-order valence-corrected chi connectivity index (χ3v) is 0.549. The van der Waals surface area contributed by atoms with Crippen molar-refractivity contribution in [3.63, 3.8) is 0 Å². The molecule has 0 aromatic carbocycles. The van der Waals surface area contributed by atoms with Gasteiger partial charge in [-0.1, -0.05) is 0 Å². The molecule has 0 bridgehead atoms. The van der Waals surface area contributed by atoms with Gasteiger partial charge in [-0.15, -0.1) is 0 Å². The average Bonchev–Trinajstić information content (AvgIpc) is 2.21. The minimum absolute atomic E-state index is 0.757. The molecular weight excluding hydrogens is 78.0 g/mol. The van der Waals surface area contributed by atoms with E-state index >= 15 is 0 Å². The first-order chi connectivity index (χ1) is 2.93. The molecule has 0 saturated heterocycles. The second-order valence-corrected chi connectivity index (χ2v) is 1.08. The highest BCUT2D eigenvalue weighted by Gasteiger charge is 2.01. The lowest BCUT2D eigenvalue weighted by Gasteiger charge is -1.95. The smallest absolute Gasteiger partial charge is 0.0724 e. The van der Waals surface area contributed by atoms with Crippen molar-refractivity contribution < 1.29 is 4.84 Å². The summed E-state index contributed by atoms with van der Waals surface area (Å²) in [6.45, 7) is 2.72. The first-order valence-corrected chi connectivity index (χ1v) is 2.03. The van der Waals surface area contributed by atoms with E-state index in [4.69, 9.17) is 4.84 Å². The fraction of sp³-hybridized carbons (Fsp3) is 0.500.